The maximum atomic E-state index is 10.7. The van der Waals surface area contributed by atoms with Crippen LogP contribution in [-0.2, 0) is 0 Å². The van der Waals surface area contributed by atoms with Gasteiger partial charge >= 0.3 is 0 Å². The quantitative estimate of drug-likeness (QED) is 0.793. The first-order valence-corrected chi connectivity index (χ1v) is 7.57. The second kappa shape index (κ2) is 4.49. The van der Waals surface area contributed by atoms with Gasteiger partial charge in [0.25, 0.3) is 0 Å². The normalized spacial score (nSPS) is 47.7. The zero-order chi connectivity index (χ0) is 13.6. The highest BCUT2D eigenvalue weighted by atomic mass is 16.3. The average molecular weight is 254 g/mol. The maximum absolute atomic E-state index is 10.7. The van der Waals surface area contributed by atoms with Gasteiger partial charge in [-0.25, -0.2) is 0 Å². The summed E-state index contributed by atoms with van der Waals surface area (Å²) < 4.78 is 0. The monoisotopic (exact) mass is 254 g/mol. The van der Waals surface area contributed by atoms with Gasteiger partial charge < -0.3 is 10.2 Å². The lowest BCUT2D eigenvalue weighted by Gasteiger charge is -2.61. The maximum Gasteiger partial charge on any atom is 0.0654 e. The highest BCUT2D eigenvalue weighted by Gasteiger charge is 2.57. The molecule has 0 spiro atoms. The van der Waals surface area contributed by atoms with Crippen molar-refractivity contribution in [3.63, 3.8) is 0 Å². The zero-order valence-corrected chi connectivity index (χ0v) is 12.5. The van der Waals surface area contributed by atoms with E-state index in [9.17, 15) is 10.2 Å². The summed E-state index contributed by atoms with van der Waals surface area (Å²) in [5.41, 5.74) is -0.00909. The van der Waals surface area contributed by atoms with Gasteiger partial charge in [0.1, 0.15) is 0 Å². The Kier molecular flexibility index (Phi) is 3.57. The van der Waals surface area contributed by atoms with Gasteiger partial charge in [-0.15, -0.1) is 0 Å². The predicted molar refractivity (Wildman–Crippen MR) is 74.3 cm³/mol. The van der Waals surface area contributed by atoms with Crippen LogP contribution in [0.15, 0.2) is 0 Å². The number of aliphatic hydroxyl groups excluding tert-OH is 1. The first-order chi connectivity index (χ1) is 8.24. The van der Waals surface area contributed by atoms with E-state index in [0.29, 0.717) is 11.3 Å². The summed E-state index contributed by atoms with van der Waals surface area (Å²) >= 11 is 0. The van der Waals surface area contributed by atoms with Crippen LogP contribution in [0.4, 0.5) is 0 Å². The van der Waals surface area contributed by atoms with Crippen molar-refractivity contribution in [1.29, 1.82) is 0 Å². The van der Waals surface area contributed by atoms with Crippen LogP contribution < -0.4 is 0 Å². The molecular formula is C16H30O2. The first-order valence-electron chi connectivity index (χ1n) is 7.57. The molecule has 0 aromatic heterocycles. The number of fused-ring (bicyclic) bond motifs is 1. The van der Waals surface area contributed by atoms with Crippen molar-refractivity contribution in [2.24, 2.45) is 22.7 Å². The van der Waals surface area contributed by atoms with E-state index >= 15 is 0 Å². The van der Waals surface area contributed by atoms with E-state index in [1.54, 1.807) is 0 Å². The molecule has 0 aromatic carbocycles. The molecule has 4 atom stereocenters. The molecule has 0 saturated heterocycles. The molecule has 0 bridgehead atoms. The number of aliphatic hydroxyl groups is 2. The molecule has 2 aliphatic carbocycles. The van der Waals surface area contributed by atoms with Crippen molar-refractivity contribution in [3.05, 3.63) is 0 Å². The Morgan fingerprint density at radius 1 is 1.06 bits per heavy atom. The molecule has 2 nitrogen and oxygen atoms in total. The fourth-order valence-electron chi connectivity index (χ4n) is 5.39. The van der Waals surface area contributed by atoms with Gasteiger partial charge in [-0.3, -0.25) is 0 Å². The Bertz CT molecular complexity index is 308. The van der Waals surface area contributed by atoms with Crippen LogP contribution >= 0.6 is 0 Å². The highest BCUT2D eigenvalue weighted by molar-refractivity contribution is 5.07. The van der Waals surface area contributed by atoms with E-state index < -0.39 is 5.60 Å². The summed E-state index contributed by atoms with van der Waals surface area (Å²) in [6.07, 6.45) is 6.55. The van der Waals surface area contributed by atoms with E-state index in [4.69, 9.17) is 0 Å². The third-order valence-electron chi connectivity index (χ3n) is 6.18. The van der Waals surface area contributed by atoms with Crippen LogP contribution in [0.5, 0.6) is 0 Å². The van der Waals surface area contributed by atoms with Gasteiger partial charge in [0.2, 0.25) is 0 Å². The van der Waals surface area contributed by atoms with E-state index in [-0.39, 0.29) is 17.9 Å². The third-order valence-corrected chi connectivity index (χ3v) is 6.18. The van der Waals surface area contributed by atoms with E-state index in [1.165, 1.54) is 19.3 Å². The van der Waals surface area contributed by atoms with E-state index in [2.05, 4.69) is 20.8 Å². The van der Waals surface area contributed by atoms with Gasteiger partial charge in [0.05, 0.1) is 5.60 Å². The summed E-state index contributed by atoms with van der Waals surface area (Å²) in [6, 6.07) is 0. The topological polar surface area (TPSA) is 40.5 Å². The molecule has 0 heterocycles. The van der Waals surface area contributed by atoms with Crippen LogP contribution in [0.1, 0.15) is 66.2 Å². The van der Waals surface area contributed by atoms with E-state index in [1.807, 2.05) is 6.92 Å². The Hall–Kier alpha value is -0.0800. The summed E-state index contributed by atoms with van der Waals surface area (Å²) in [6.45, 7) is 9.34. The third kappa shape index (κ3) is 2.12. The molecule has 18 heavy (non-hydrogen) atoms. The SMILES string of the molecule is CC1(C)CCC[C@@]2(C)C1CC[C@@](C)(O)C2CCO. The van der Waals surface area contributed by atoms with Gasteiger partial charge in [-0.2, -0.15) is 0 Å². The predicted octanol–water partition coefficient (Wildman–Crippen LogP) is 3.36. The highest BCUT2D eigenvalue weighted by Crippen LogP contribution is 2.62. The second-order valence-corrected chi connectivity index (χ2v) is 7.86. The molecule has 2 rings (SSSR count). The lowest BCUT2D eigenvalue weighted by Crippen LogP contribution is -2.57. The summed E-state index contributed by atoms with van der Waals surface area (Å²) in [5, 5.41) is 20.1. The average Bonchev–Trinajstić information content (AvgIpc) is 2.22. The molecule has 0 aliphatic heterocycles. The van der Waals surface area contributed by atoms with Crippen molar-refractivity contribution in [2.45, 2.75) is 71.8 Å². The summed E-state index contributed by atoms with van der Waals surface area (Å²) in [4.78, 5) is 0. The minimum Gasteiger partial charge on any atom is -0.396 e. The van der Waals surface area contributed by atoms with Crippen molar-refractivity contribution in [2.75, 3.05) is 6.61 Å². The molecule has 0 amide bonds. The molecule has 2 heteroatoms. The standard InChI is InChI=1S/C16H30O2/c1-14(2)8-5-9-15(3)12(14)6-10-16(4,18)13(15)7-11-17/h12-13,17-18H,5-11H2,1-4H3/t12?,13?,15-,16+/m0/s1. The fourth-order valence-corrected chi connectivity index (χ4v) is 5.39. The Morgan fingerprint density at radius 3 is 2.33 bits per heavy atom. The molecular weight excluding hydrogens is 224 g/mol. The molecule has 2 unspecified atom stereocenters. The largest absolute Gasteiger partial charge is 0.396 e. The molecule has 0 aromatic rings. The van der Waals surface area contributed by atoms with Crippen LogP contribution in [0, 0.1) is 22.7 Å². The molecule has 106 valence electrons. The molecule has 2 N–H and O–H groups in total. The number of hydrogen-bond donors (Lipinski definition) is 2. The first kappa shape index (κ1) is 14.3. The Labute approximate surface area is 112 Å². The molecule has 0 radical (unpaired) electrons. The van der Waals surface area contributed by atoms with Crippen LogP contribution in [0.2, 0.25) is 0 Å². The fraction of sp³-hybridized carbons (Fsp3) is 1.00. The molecule has 2 saturated carbocycles. The lowest BCUT2D eigenvalue weighted by molar-refractivity contribution is -0.171. The van der Waals surface area contributed by atoms with Crippen molar-refractivity contribution in [1.82, 2.24) is 0 Å². The zero-order valence-electron chi connectivity index (χ0n) is 12.5. The lowest BCUT2D eigenvalue weighted by atomic mass is 9.45. The Morgan fingerprint density at radius 2 is 1.72 bits per heavy atom. The van der Waals surface area contributed by atoms with Crippen LogP contribution in [-0.4, -0.2) is 22.4 Å². The van der Waals surface area contributed by atoms with Crippen molar-refractivity contribution >= 4 is 0 Å². The van der Waals surface area contributed by atoms with Gasteiger partial charge in [-0.05, 0) is 61.7 Å². The molecule has 2 fully saturated rings. The van der Waals surface area contributed by atoms with Crippen LogP contribution in [0.25, 0.3) is 0 Å². The summed E-state index contributed by atoms with van der Waals surface area (Å²) in [7, 11) is 0. The number of hydrogen-bond acceptors (Lipinski definition) is 2. The number of rotatable bonds is 2. The van der Waals surface area contributed by atoms with Crippen LogP contribution in [0.3, 0.4) is 0 Å². The van der Waals surface area contributed by atoms with Gasteiger partial charge in [-0.1, -0.05) is 27.2 Å². The van der Waals surface area contributed by atoms with Crippen molar-refractivity contribution in [3.8, 4) is 0 Å². The van der Waals surface area contributed by atoms with Gasteiger partial charge in [0, 0.05) is 6.61 Å². The molecule has 2 aliphatic rings. The van der Waals surface area contributed by atoms with E-state index in [0.717, 1.165) is 19.3 Å². The summed E-state index contributed by atoms with van der Waals surface area (Å²) in [5.74, 6) is 0.934. The minimum absolute atomic E-state index is 0.198. The smallest absolute Gasteiger partial charge is 0.0654 e. The van der Waals surface area contributed by atoms with Gasteiger partial charge in [0.15, 0.2) is 0 Å². The Balaban J connectivity index is 2.35. The van der Waals surface area contributed by atoms with Crippen molar-refractivity contribution < 1.29 is 10.2 Å². The minimum atomic E-state index is -0.596. The second-order valence-electron chi connectivity index (χ2n) is 7.86.